The molecule has 6 nitrogen and oxygen atoms in total. The number of aromatic hydroxyl groups is 2. The third-order valence-corrected chi connectivity index (χ3v) is 2.77. The topological polar surface area (TPSA) is 98.1 Å². The molecule has 18 heavy (non-hydrogen) atoms. The Morgan fingerprint density at radius 2 is 1.94 bits per heavy atom. The summed E-state index contributed by atoms with van der Waals surface area (Å²) in [5, 5.41) is 27.5. The highest BCUT2D eigenvalue weighted by atomic mass is 16.4. The van der Waals surface area contributed by atoms with Crippen LogP contribution in [0.15, 0.2) is 18.2 Å². The van der Waals surface area contributed by atoms with Crippen LogP contribution in [0.4, 0.5) is 0 Å². The van der Waals surface area contributed by atoms with Crippen LogP contribution in [0.2, 0.25) is 0 Å². The average molecular weight is 251 g/mol. The van der Waals surface area contributed by atoms with Gasteiger partial charge in [0.1, 0.15) is 18.0 Å². The second-order valence-corrected chi connectivity index (χ2v) is 4.26. The number of phenolic OH excluding ortho intramolecular Hbond substituents is 2. The molecule has 0 saturated heterocycles. The van der Waals surface area contributed by atoms with Gasteiger partial charge in [0, 0.05) is 12.1 Å². The van der Waals surface area contributed by atoms with Crippen LogP contribution in [0.1, 0.15) is 23.2 Å². The molecule has 1 fully saturated rings. The summed E-state index contributed by atoms with van der Waals surface area (Å²) in [5.74, 6) is -2.12. The van der Waals surface area contributed by atoms with E-state index in [1.54, 1.807) is 0 Å². The van der Waals surface area contributed by atoms with Crippen LogP contribution in [0.3, 0.4) is 0 Å². The summed E-state index contributed by atoms with van der Waals surface area (Å²) in [6.45, 7) is -0.385. The zero-order chi connectivity index (χ0) is 13.3. The Morgan fingerprint density at radius 3 is 2.44 bits per heavy atom. The zero-order valence-electron chi connectivity index (χ0n) is 9.54. The predicted molar refractivity (Wildman–Crippen MR) is 61.5 cm³/mol. The largest absolute Gasteiger partial charge is 0.508 e. The molecular formula is C12H13NO5. The van der Waals surface area contributed by atoms with Crippen molar-refractivity contribution in [2.24, 2.45) is 0 Å². The fraction of sp³-hybridized carbons (Fsp3) is 0.333. The van der Waals surface area contributed by atoms with Gasteiger partial charge in [0.25, 0.3) is 5.91 Å². The first-order valence-electron chi connectivity index (χ1n) is 5.54. The van der Waals surface area contributed by atoms with E-state index in [0.29, 0.717) is 0 Å². The van der Waals surface area contributed by atoms with Gasteiger partial charge in [-0.1, -0.05) is 0 Å². The number of carboxylic acids is 1. The number of hydrogen-bond donors (Lipinski definition) is 3. The van der Waals surface area contributed by atoms with Gasteiger partial charge in [-0.3, -0.25) is 9.59 Å². The molecule has 1 aromatic carbocycles. The van der Waals surface area contributed by atoms with E-state index >= 15 is 0 Å². The number of carbonyl (C=O) groups is 2. The van der Waals surface area contributed by atoms with Gasteiger partial charge in [0.05, 0.1) is 5.56 Å². The molecule has 0 bridgehead atoms. The standard InChI is InChI=1S/C12H13NO5/c14-8-3-4-9(10(15)5-8)12(18)13(6-11(16)17)7-1-2-7/h3-5,7,14-15H,1-2,6H2,(H,16,17). The molecule has 2 rings (SSSR count). The molecule has 1 aromatic rings. The van der Waals surface area contributed by atoms with E-state index in [0.717, 1.165) is 18.9 Å². The lowest BCUT2D eigenvalue weighted by Gasteiger charge is -2.20. The number of phenols is 2. The average Bonchev–Trinajstić information content (AvgIpc) is 3.08. The van der Waals surface area contributed by atoms with Crippen molar-refractivity contribution < 1.29 is 24.9 Å². The molecule has 96 valence electrons. The summed E-state index contributed by atoms with van der Waals surface area (Å²) in [4.78, 5) is 24.1. The van der Waals surface area contributed by atoms with E-state index in [1.807, 2.05) is 0 Å². The maximum absolute atomic E-state index is 12.1. The Hall–Kier alpha value is -2.24. The molecule has 1 aliphatic carbocycles. The lowest BCUT2D eigenvalue weighted by Crippen LogP contribution is -2.37. The van der Waals surface area contributed by atoms with Crippen LogP contribution in [-0.4, -0.2) is 44.7 Å². The number of rotatable bonds is 4. The third kappa shape index (κ3) is 2.53. The van der Waals surface area contributed by atoms with Crippen molar-refractivity contribution in [3.8, 4) is 11.5 Å². The van der Waals surface area contributed by atoms with Crippen molar-refractivity contribution in [2.75, 3.05) is 6.54 Å². The second-order valence-electron chi connectivity index (χ2n) is 4.26. The summed E-state index contributed by atoms with van der Waals surface area (Å²) >= 11 is 0. The van der Waals surface area contributed by atoms with Gasteiger partial charge >= 0.3 is 5.97 Å². The van der Waals surface area contributed by atoms with Gasteiger partial charge in [-0.15, -0.1) is 0 Å². The first-order valence-corrected chi connectivity index (χ1v) is 5.54. The molecule has 0 atom stereocenters. The van der Waals surface area contributed by atoms with Crippen molar-refractivity contribution in [2.45, 2.75) is 18.9 Å². The summed E-state index contributed by atoms with van der Waals surface area (Å²) in [6, 6.07) is 3.55. The zero-order valence-corrected chi connectivity index (χ0v) is 9.54. The minimum absolute atomic E-state index is 0.000880. The number of aliphatic carboxylic acids is 1. The van der Waals surface area contributed by atoms with Crippen molar-refractivity contribution in [1.82, 2.24) is 4.90 Å². The SMILES string of the molecule is O=C(O)CN(C(=O)c1ccc(O)cc1O)C1CC1. The van der Waals surface area contributed by atoms with Crippen LogP contribution in [-0.2, 0) is 4.79 Å². The molecule has 0 aliphatic heterocycles. The number of amides is 1. The van der Waals surface area contributed by atoms with Gasteiger partial charge in [-0.05, 0) is 25.0 Å². The van der Waals surface area contributed by atoms with E-state index in [-0.39, 0.29) is 29.6 Å². The van der Waals surface area contributed by atoms with Gasteiger partial charge in [0.2, 0.25) is 0 Å². The van der Waals surface area contributed by atoms with Crippen LogP contribution < -0.4 is 0 Å². The van der Waals surface area contributed by atoms with Gasteiger partial charge < -0.3 is 20.2 Å². The monoisotopic (exact) mass is 251 g/mol. The molecule has 0 unspecified atom stereocenters. The second kappa shape index (κ2) is 4.56. The van der Waals surface area contributed by atoms with Crippen molar-refractivity contribution in [3.05, 3.63) is 23.8 Å². The first kappa shape index (κ1) is 12.2. The smallest absolute Gasteiger partial charge is 0.323 e. The first-order chi connectivity index (χ1) is 8.49. The number of carbonyl (C=O) groups excluding carboxylic acids is 1. The van der Waals surface area contributed by atoms with Crippen LogP contribution in [0.5, 0.6) is 11.5 Å². The minimum atomic E-state index is -1.09. The van der Waals surface area contributed by atoms with E-state index in [4.69, 9.17) is 10.2 Å². The summed E-state index contributed by atoms with van der Waals surface area (Å²) in [7, 11) is 0. The summed E-state index contributed by atoms with van der Waals surface area (Å²) in [6.07, 6.45) is 1.55. The lowest BCUT2D eigenvalue weighted by molar-refractivity contribution is -0.137. The quantitative estimate of drug-likeness (QED) is 0.734. The van der Waals surface area contributed by atoms with Crippen molar-refractivity contribution in [3.63, 3.8) is 0 Å². The maximum atomic E-state index is 12.1. The van der Waals surface area contributed by atoms with Gasteiger partial charge in [-0.2, -0.15) is 0 Å². The molecule has 3 N–H and O–H groups in total. The minimum Gasteiger partial charge on any atom is -0.508 e. The van der Waals surface area contributed by atoms with E-state index in [9.17, 15) is 14.7 Å². The molecule has 1 amide bonds. The van der Waals surface area contributed by atoms with E-state index in [1.165, 1.54) is 17.0 Å². The molecule has 0 aromatic heterocycles. The Morgan fingerprint density at radius 1 is 1.28 bits per heavy atom. The summed E-state index contributed by atoms with van der Waals surface area (Å²) in [5.41, 5.74) is 0.000880. The van der Waals surface area contributed by atoms with Crippen LogP contribution in [0.25, 0.3) is 0 Å². The fourth-order valence-electron chi connectivity index (χ4n) is 1.75. The molecule has 0 radical (unpaired) electrons. The Bertz CT molecular complexity index is 495. The highest BCUT2D eigenvalue weighted by molar-refractivity contribution is 5.98. The van der Waals surface area contributed by atoms with Crippen molar-refractivity contribution >= 4 is 11.9 Å². The molecular weight excluding hydrogens is 238 g/mol. The van der Waals surface area contributed by atoms with E-state index < -0.39 is 11.9 Å². The summed E-state index contributed by atoms with van der Waals surface area (Å²) < 4.78 is 0. The van der Waals surface area contributed by atoms with Gasteiger partial charge in [-0.25, -0.2) is 0 Å². The van der Waals surface area contributed by atoms with Crippen LogP contribution >= 0.6 is 0 Å². The highest BCUT2D eigenvalue weighted by Gasteiger charge is 2.35. The Balaban J connectivity index is 2.24. The molecule has 1 saturated carbocycles. The normalized spacial score (nSPS) is 14.2. The molecule has 6 heteroatoms. The van der Waals surface area contributed by atoms with Gasteiger partial charge in [0.15, 0.2) is 0 Å². The predicted octanol–water partition coefficient (Wildman–Crippen LogP) is 0.787. The number of carboxylic acid groups (broad SMARTS) is 1. The number of hydrogen-bond acceptors (Lipinski definition) is 4. The highest BCUT2D eigenvalue weighted by Crippen LogP contribution is 2.30. The van der Waals surface area contributed by atoms with Crippen molar-refractivity contribution in [1.29, 1.82) is 0 Å². The fourth-order valence-corrected chi connectivity index (χ4v) is 1.75. The molecule has 0 heterocycles. The maximum Gasteiger partial charge on any atom is 0.323 e. The lowest BCUT2D eigenvalue weighted by atomic mass is 10.1. The number of nitrogens with zero attached hydrogens (tertiary/aromatic N) is 1. The number of benzene rings is 1. The third-order valence-electron chi connectivity index (χ3n) is 2.77. The Labute approximate surface area is 103 Å². The van der Waals surface area contributed by atoms with Crippen LogP contribution in [0, 0.1) is 0 Å². The molecule has 1 aliphatic rings. The Kier molecular flexibility index (Phi) is 3.10. The molecule has 0 spiro atoms. The van der Waals surface area contributed by atoms with E-state index in [2.05, 4.69) is 0 Å².